The van der Waals surface area contributed by atoms with Gasteiger partial charge < -0.3 is 10.2 Å². The Morgan fingerprint density at radius 2 is 2.05 bits per heavy atom. The van der Waals surface area contributed by atoms with E-state index < -0.39 is 6.04 Å². The molecule has 2 amide bonds. The third kappa shape index (κ3) is 3.43. The third-order valence-electron chi connectivity index (χ3n) is 3.92. The lowest BCUT2D eigenvalue weighted by molar-refractivity contribution is -0.136. The van der Waals surface area contributed by atoms with E-state index in [4.69, 9.17) is 0 Å². The summed E-state index contributed by atoms with van der Waals surface area (Å²) in [6, 6.07) is -0.546. The Hall–Kier alpha value is -1.43. The number of aromatic nitrogens is 1. The molecule has 5 nitrogen and oxygen atoms in total. The molecule has 6 heteroatoms. The lowest BCUT2D eigenvalue weighted by Gasteiger charge is -2.29. The zero-order valence-corrected chi connectivity index (χ0v) is 14.1. The maximum atomic E-state index is 12.7. The fourth-order valence-corrected chi connectivity index (χ4v) is 3.44. The molecule has 0 saturated carbocycles. The van der Waals surface area contributed by atoms with Crippen molar-refractivity contribution in [3.8, 4) is 0 Å². The molecule has 1 aliphatic rings. The Labute approximate surface area is 129 Å². The summed E-state index contributed by atoms with van der Waals surface area (Å²) in [4.78, 5) is 32.1. The molecule has 2 heterocycles. The first-order valence-corrected chi connectivity index (χ1v) is 8.14. The van der Waals surface area contributed by atoms with Gasteiger partial charge in [-0.1, -0.05) is 13.8 Å². The molecule has 0 spiro atoms. The smallest absolute Gasteiger partial charge is 0.246 e. The predicted molar refractivity (Wildman–Crippen MR) is 83.0 cm³/mol. The van der Waals surface area contributed by atoms with Gasteiger partial charge in [0.1, 0.15) is 11.0 Å². The number of carbonyl (C=O) groups is 2. The molecule has 1 aromatic rings. The topological polar surface area (TPSA) is 62.3 Å². The van der Waals surface area contributed by atoms with Crippen LogP contribution in [0.4, 0.5) is 0 Å². The third-order valence-corrected chi connectivity index (χ3v) is 4.98. The van der Waals surface area contributed by atoms with Gasteiger partial charge in [-0.05, 0) is 26.7 Å². The normalized spacial score (nSPS) is 23.4. The molecule has 21 heavy (non-hydrogen) atoms. The minimum absolute atomic E-state index is 0.00569. The highest BCUT2D eigenvalue weighted by atomic mass is 32.1. The molecule has 0 aromatic carbocycles. The van der Waals surface area contributed by atoms with Crippen molar-refractivity contribution in [2.24, 2.45) is 5.92 Å². The van der Waals surface area contributed by atoms with Crippen molar-refractivity contribution in [3.63, 3.8) is 0 Å². The maximum Gasteiger partial charge on any atom is 0.246 e. The van der Waals surface area contributed by atoms with E-state index in [2.05, 4.69) is 10.3 Å². The van der Waals surface area contributed by atoms with Crippen LogP contribution in [0.2, 0.25) is 0 Å². The summed E-state index contributed by atoms with van der Waals surface area (Å²) in [7, 11) is 0. The summed E-state index contributed by atoms with van der Waals surface area (Å²) in [6.07, 6.45) is 0.346. The largest absolute Gasteiger partial charge is 0.344 e. The van der Waals surface area contributed by atoms with E-state index in [1.165, 1.54) is 4.88 Å². The first-order valence-electron chi connectivity index (χ1n) is 7.32. The van der Waals surface area contributed by atoms with E-state index in [1.807, 2.05) is 34.6 Å². The highest BCUT2D eigenvalue weighted by Gasteiger charge is 2.35. The first kappa shape index (κ1) is 15.9. The van der Waals surface area contributed by atoms with Crippen LogP contribution in [0.3, 0.4) is 0 Å². The van der Waals surface area contributed by atoms with Gasteiger partial charge in [-0.3, -0.25) is 9.59 Å². The molecule has 116 valence electrons. The SMILES string of the molecule is Cc1nc(CN2C(=O)C(C(C)C)NC(=O)CC2C)sc1C. The minimum atomic E-state index is -0.440. The second kappa shape index (κ2) is 6.13. The van der Waals surface area contributed by atoms with Crippen molar-refractivity contribution in [1.29, 1.82) is 0 Å². The van der Waals surface area contributed by atoms with Gasteiger partial charge in [-0.2, -0.15) is 0 Å². The molecule has 1 fully saturated rings. The molecule has 2 unspecified atom stereocenters. The summed E-state index contributed by atoms with van der Waals surface area (Å²) in [5.41, 5.74) is 1.01. The van der Waals surface area contributed by atoms with E-state index in [9.17, 15) is 9.59 Å². The van der Waals surface area contributed by atoms with E-state index >= 15 is 0 Å². The maximum absolute atomic E-state index is 12.7. The number of aryl methyl sites for hydroxylation is 2. The molecule has 1 N–H and O–H groups in total. The van der Waals surface area contributed by atoms with Crippen LogP contribution >= 0.6 is 11.3 Å². The predicted octanol–water partition coefficient (Wildman–Crippen LogP) is 2.02. The van der Waals surface area contributed by atoms with E-state index in [1.54, 1.807) is 16.2 Å². The van der Waals surface area contributed by atoms with E-state index in [0.717, 1.165) is 10.7 Å². The van der Waals surface area contributed by atoms with Crippen LogP contribution in [-0.2, 0) is 16.1 Å². The van der Waals surface area contributed by atoms with Crippen LogP contribution in [0.25, 0.3) is 0 Å². The number of thiazole rings is 1. The second-order valence-electron chi connectivity index (χ2n) is 6.06. The molecular formula is C15H23N3O2S. The van der Waals surface area contributed by atoms with Gasteiger partial charge in [-0.15, -0.1) is 11.3 Å². The van der Waals surface area contributed by atoms with Gasteiger partial charge in [-0.25, -0.2) is 4.98 Å². The molecule has 1 aliphatic heterocycles. The van der Waals surface area contributed by atoms with Crippen LogP contribution < -0.4 is 5.32 Å². The number of hydrogen-bond donors (Lipinski definition) is 1. The number of nitrogens with zero attached hydrogens (tertiary/aromatic N) is 2. The number of carbonyl (C=O) groups excluding carboxylic acids is 2. The van der Waals surface area contributed by atoms with Crippen molar-refractivity contribution >= 4 is 23.2 Å². The van der Waals surface area contributed by atoms with Gasteiger partial charge in [0.25, 0.3) is 0 Å². The van der Waals surface area contributed by atoms with Crippen LogP contribution in [0, 0.1) is 19.8 Å². The Morgan fingerprint density at radius 1 is 1.38 bits per heavy atom. The van der Waals surface area contributed by atoms with Gasteiger partial charge >= 0.3 is 0 Å². The Kier molecular flexibility index (Phi) is 4.66. The molecule has 1 aromatic heterocycles. The summed E-state index contributed by atoms with van der Waals surface area (Å²) in [5, 5.41) is 3.78. The minimum Gasteiger partial charge on any atom is -0.344 e. The monoisotopic (exact) mass is 309 g/mol. The molecular weight excluding hydrogens is 286 g/mol. The van der Waals surface area contributed by atoms with E-state index in [0.29, 0.717) is 13.0 Å². The van der Waals surface area contributed by atoms with Crippen molar-refractivity contribution < 1.29 is 9.59 Å². The van der Waals surface area contributed by atoms with E-state index in [-0.39, 0.29) is 23.8 Å². The molecule has 0 aliphatic carbocycles. The highest BCUT2D eigenvalue weighted by Crippen LogP contribution is 2.22. The van der Waals surface area contributed by atoms with Crippen LogP contribution in [0.5, 0.6) is 0 Å². The van der Waals surface area contributed by atoms with Crippen molar-refractivity contribution in [2.75, 3.05) is 0 Å². The zero-order valence-electron chi connectivity index (χ0n) is 13.3. The number of nitrogens with one attached hydrogen (secondary N) is 1. The number of rotatable bonds is 3. The Bertz CT molecular complexity index is 534. The zero-order chi connectivity index (χ0) is 15.7. The van der Waals surface area contributed by atoms with Crippen molar-refractivity contribution in [1.82, 2.24) is 15.2 Å². The molecule has 0 radical (unpaired) electrons. The summed E-state index contributed by atoms with van der Waals surface area (Å²) in [5.74, 6) is 0.0198. The first-order chi connectivity index (χ1) is 9.79. The fraction of sp³-hybridized carbons (Fsp3) is 0.667. The quantitative estimate of drug-likeness (QED) is 0.929. The number of hydrogen-bond acceptors (Lipinski definition) is 4. The summed E-state index contributed by atoms with van der Waals surface area (Å²) < 4.78 is 0. The average molecular weight is 309 g/mol. The second-order valence-corrected chi connectivity index (χ2v) is 7.35. The average Bonchev–Trinajstić information content (AvgIpc) is 2.65. The van der Waals surface area contributed by atoms with Gasteiger partial charge in [0.2, 0.25) is 11.8 Å². The van der Waals surface area contributed by atoms with Crippen LogP contribution in [0.15, 0.2) is 0 Å². The lowest BCUT2D eigenvalue weighted by Crippen LogP contribution is -2.48. The van der Waals surface area contributed by atoms with Gasteiger partial charge in [0.05, 0.1) is 12.2 Å². The fourth-order valence-electron chi connectivity index (χ4n) is 2.51. The molecule has 2 rings (SSSR count). The Balaban J connectivity index is 2.25. The Morgan fingerprint density at radius 3 is 2.57 bits per heavy atom. The van der Waals surface area contributed by atoms with Gasteiger partial charge in [0.15, 0.2) is 0 Å². The van der Waals surface area contributed by atoms with Crippen molar-refractivity contribution in [2.45, 2.75) is 59.7 Å². The highest BCUT2D eigenvalue weighted by molar-refractivity contribution is 7.11. The van der Waals surface area contributed by atoms with Crippen molar-refractivity contribution in [3.05, 3.63) is 15.6 Å². The molecule has 2 atom stereocenters. The van der Waals surface area contributed by atoms with Crippen LogP contribution in [0.1, 0.15) is 42.8 Å². The van der Waals surface area contributed by atoms with Crippen LogP contribution in [-0.4, -0.2) is 33.8 Å². The lowest BCUT2D eigenvalue weighted by atomic mass is 10.0. The summed E-state index contributed by atoms with van der Waals surface area (Å²) in [6.45, 7) is 10.3. The standard InChI is InChI=1S/C15H23N3O2S/c1-8(2)14-15(20)18(9(3)6-12(19)17-14)7-13-16-10(4)11(5)21-13/h8-9,14H,6-7H2,1-5H3,(H,17,19). The summed E-state index contributed by atoms with van der Waals surface area (Å²) >= 11 is 1.62. The molecule has 1 saturated heterocycles. The van der Waals surface area contributed by atoms with Gasteiger partial charge in [0, 0.05) is 17.3 Å². The number of amides is 2. The molecule has 0 bridgehead atoms.